The Labute approximate surface area is 179 Å². The number of thiophene rings is 1. The molecule has 0 unspecified atom stereocenters. The molecule has 0 atom stereocenters. The summed E-state index contributed by atoms with van der Waals surface area (Å²) in [7, 11) is 3.78. The van der Waals surface area contributed by atoms with Crippen LogP contribution in [0, 0.1) is 5.92 Å². The van der Waals surface area contributed by atoms with Crippen LogP contribution in [0.4, 0.5) is 0 Å². The number of ether oxygens (including phenoxy) is 1. The topological polar surface area (TPSA) is 47.4 Å². The van der Waals surface area contributed by atoms with E-state index in [0.29, 0.717) is 5.92 Å². The summed E-state index contributed by atoms with van der Waals surface area (Å²) in [5.41, 5.74) is 2.08. The molecule has 0 fully saturated rings. The molecule has 7 heteroatoms. The maximum Gasteiger partial charge on any atom is 0.267 e. The minimum absolute atomic E-state index is 0.0502. The lowest BCUT2D eigenvalue weighted by Crippen LogP contribution is -2.27. The molecule has 154 valence electrons. The fourth-order valence-electron chi connectivity index (χ4n) is 3.59. The van der Waals surface area contributed by atoms with Gasteiger partial charge in [0, 0.05) is 23.7 Å². The van der Waals surface area contributed by atoms with Crippen molar-refractivity contribution in [2.75, 3.05) is 26.5 Å². The van der Waals surface area contributed by atoms with E-state index in [2.05, 4.69) is 25.8 Å². The predicted octanol–water partition coefficient (Wildman–Crippen LogP) is 4.58. The SMILES string of the molecule is COc1ccc(-n2c(SCCC(C)C)nc3sc4c(c3c2=O)CCN(C)C4)cc1. The molecule has 0 radical (unpaired) electrons. The predicted molar refractivity (Wildman–Crippen MR) is 122 cm³/mol. The van der Waals surface area contributed by atoms with Gasteiger partial charge in [-0.2, -0.15) is 0 Å². The Morgan fingerprint density at radius 2 is 2.03 bits per heavy atom. The molecule has 0 amide bonds. The van der Waals surface area contributed by atoms with Crippen LogP contribution in [-0.4, -0.2) is 40.9 Å². The smallest absolute Gasteiger partial charge is 0.267 e. The van der Waals surface area contributed by atoms with Crippen LogP contribution < -0.4 is 10.3 Å². The summed E-state index contributed by atoms with van der Waals surface area (Å²) >= 11 is 3.35. The fourth-order valence-corrected chi connectivity index (χ4v) is 6.19. The minimum atomic E-state index is 0.0502. The van der Waals surface area contributed by atoms with Crippen molar-refractivity contribution in [1.82, 2.24) is 14.5 Å². The number of benzene rings is 1. The van der Waals surface area contributed by atoms with Crippen molar-refractivity contribution in [3.8, 4) is 11.4 Å². The summed E-state index contributed by atoms with van der Waals surface area (Å²) in [6, 6.07) is 7.67. The van der Waals surface area contributed by atoms with Crippen LogP contribution >= 0.6 is 23.1 Å². The summed E-state index contributed by atoms with van der Waals surface area (Å²) in [5, 5.41) is 1.59. The van der Waals surface area contributed by atoms with Crippen molar-refractivity contribution in [2.45, 2.75) is 38.4 Å². The standard InChI is InChI=1S/C22H27N3O2S2/c1-14(2)10-12-28-22-23-20-19(17-9-11-24(3)13-18(17)29-20)21(26)25(22)15-5-7-16(27-4)8-6-15/h5-8,14H,9-13H2,1-4H3. The van der Waals surface area contributed by atoms with Crippen molar-refractivity contribution in [3.63, 3.8) is 0 Å². The lowest BCUT2D eigenvalue weighted by atomic mass is 10.1. The van der Waals surface area contributed by atoms with Gasteiger partial charge in [-0.3, -0.25) is 9.36 Å². The van der Waals surface area contributed by atoms with Crippen molar-refractivity contribution < 1.29 is 4.74 Å². The summed E-state index contributed by atoms with van der Waals surface area (Å²) in [6.45, 7) is 6.31. The number of likely N-dealkylation sites (N-methyl/N-ethyl adjacent to an activating group) is 1. The Morgan fingerprint density at radius 1 is 1.28 bits per heavy atom. The summed E-state index contributed by atoms with van der Waals surface area (Å²) in [4.78, 5) is 23.1. The average molecular weight is 430 g/mol. The van der Waals surface area contributed by atoms with E-state index in [1.807, 2.05) is 24.3 Å². The van der Waals surface area contributed by atoms with Gasteiger partial charge >= 0.3 is 0 Å². The van der Waals surface area contributed by atoms with E-state index in [1.165, 1.54) is 10.4 Å². The van der Waals surface area contributed by atoms with Gasteiger partial charge in [0.15, 0.2) is 5.16 Å². The largest absolute Gasteiger partial charge is 0.497 e. The van der Waals surface area contributed by atoms with Crippen molar-refractivity contribution >= 4 is 33.3 Å². The second kappa shape index (κ2) is 8.50. The molecule has 29 heavy (non-hydrogen) atoms. The number of thioether (sulfide) groups is 1. The van der Waals surface area contributed by atoms with Crippen LogP contribution in [-0.2, 0) is 13.0 Å². The van der Waals surface area contributed by atoms with Gasteiger partial charge in [-0.25, -0.2) is 4.98 Å². The van der Waals surface area contributed by atoms with E-state index in [1.54, 1.807) is 34.8 Å². The van der Waals surface area contributed by atoms with Gasteiger partial charge < -0.3 is 9.64 Å². The number of hydrogen-bond acceptors (Lipinski definition) is 6. The molecule has 3 aromatic rings. The highest BCUT2D eigenvalue weighted by atomic mass is 32.2. The van der Waals surface area contributed by atoms with E-state index < -0.39 is 0 Å². The minimum Gasteiger partial charge on any atom is -0.497 e. The highest BCUT2D eigenvalue weighted by Gasteiger charge is 2.24. The first-order chi connectivity index (χ1) is 14.0. The van der Waals surface area contributed by atoms with Crippen molar-refractivity contribution in [2.24, 2.45) is 5.92 Å². The van der Waals surface area contributed by atoms with E-state index in [0.717, 1.165) is 58.5 Å². The summed E-state index contributed by atoms with van der Waals surface area (Å²) < 4.78 is 7.08. The quantitative estimate of drug-likeness (QED) is 0.424. The zero-order valence-corrected chi connectivity index (χ0v) is 19.0. The number of rotatable bonds is 6. The van der Waals surface area contributed by atoms with Gasteiger partial charge in [0.25, 0.3) is 5.56 Å². The molecular formula is C22H27N3O2S2. The normalized spacial score (nSPS) is 14.5. The molecule has 1 aliphatic rings. The van der Waals surface area contributed by atoms with Gasteiger partial charge in [-0.05, 0) is 55.6 Å². The third-order valence-corrected chi connectivity index (χ3v) is 7.37. The molecule has 0 aliphatic carbocycles. The first kappa shape index (κ1) is 20.4. The van der Waals surface area contributed by atoms with E-state index >= 15 is 0 Å². The Balaban J connectivity index is 1.87. The Hall–Kier alpha value is -1.83. The van der Waals surface area contributed by atoms with Gasteiger partial charge in [0.05, 0.1) is 18.2 Å². The fraction of sp³-hybridized carbons (Fsp3) is 0.455. The van der Waals surface area contributed by atoms with Gasteiger partial charge in [0.2, 0.25) is 0 Å². The number of fused-ring (bicyclic) bond motifs is 3. The van der Waals surface area contributed by atoms with Crippen LogP contribution in [0.1, 0.15) is 30.7 Å². The maximum absolute atomic E-state index is 13.7. The van der Waals surface area contributed by atoms with Crippen molar-refractivity contribution in [1.29, 1.82) is 0 Å². The molecule has 2 aromatic heterocycles. The van der Waals surface area contributed by atoms with Crippen molar-refractivity contribution in [3.05, 3.63) is 45.1 Å². The van der Waals surface area contributed by atoms with Crippen LogP contribution in [0.5, 0.6) is 5.75 Å². The van der Waals surface area contributed by atoms with Crippen LogP contribution in [0.3, 0.4) is 0 Å². The van der Waals surface area contributed by atoms with Crippen LogP contribution in [0.25, 0.3) is 15.9 Å². The maximum atomic E-state index is 13.7. The molecule has 1 aromatic carbocycles. The molecule has 4 rings (SSSR count). The van der Waals surface area contributed by atoms with E-state index in [-0.39, 0.29) is 5.56 Å². The Kier molecular flexibility index (Phi) is 5.99. The Bertz CT molecular complexity index is 1070. The summed E-state index contributed by atoms with van der Waals surface area (Å²) in [5.74, 6) is 2.34. The number of aromatic nitrogens is 2. The number of hydrogen-bond donors (Lipinski definition) is 0. The molecule has 0 bridgehead atoms. The molecule has 0 N–H and O–H groups in total. The zero-order chi connectivity index (χ0) is 20.5. The summed E-state index contributed by atoms with van der Waals surface area (Å²) in [6.07, 6.45) is 2.00. The molecule has 5 nitrogen and oxygen atoms in total. The first-order valence-corrected chi connectivity index (χ1v) is 11.8. The van der Waals surface area contributed by atoms with Crippen LogP contribution in [0.15, 0.2) is 34.2 Å². The molecular weight excluding hydrogens is 402 g/mol. The van der Waals surface area contributed by atoms with Gasteiger partial charge in [0.1, 0.15) is 10.6 Å². The highest BCUT2D eigenvalue weighted by Crippen LogP contribution is 2.34. The lowest BCUT2D eigenvalue weighted by Gasteiger charge is -2.21. The Morgan fingerprint density at radius 3 is 2.72 bits per heavy atom. The molecule has 0 saturated heterocycles. The average Bonchev–Trinajstić information content (AvgIpc) is 3.05. The highest BCUT2D eigenvalue weighted by molar-refractivity contribution is 7.99. The third-order valence-electron chi connectivity index (χ3n) is 5.29. The van der Waals surface area contributed by atoms with Gasteiger partial charge in [-0.1, -0.05) is 25.6 Å². The molecule has 0 saturated carbocycles. The third kappa shape index (κ3) is 4.09. The van der Waals surface area contributed by atoms with E-state index in [4.69, 9.17) is 9.72 Å². The molecule has 1 aliphatic heterocycles. The number of methoxy groups -OCH3 is 1. The second-order valence-electron chi connectivity index (χ2n) is 7.94. The second-order valence-corrected chi connectivity index (χ2v) is 10.1. The molecule has 0 spiro atoms. The molecule has 3 heterocycles. The zero-order valence-electron chi connectivity index (χ0n) is 17.4. The van der Waals surface area contributed by atoms with E-state index in [9.17, 15) is 4.79 Å². The van der Waals surface area contributed by atoms with Crippen LogP contribution in [0.2, 0.25) is 0 Å². The first-order valence-electron chi connectivity index (χ1n) is 10.0. The number of nitrogens with zero attached hydrogens (tertiary/aromatic N) is 3. The lowest BCUT2D eigenvalue weighted by molar-refractivity contribution is 0.318. The monoisotopic (exact) mass is 429 g/mol. The van der Waals surface area contributed by atoms with Gasteiger partial charge in [-0.15, -0.1) is 11.3 Å².